The molecule has 16 heavy (non-hydrogen) atoms. The quantitative estimate of drug-likeness (QED) is 0.887. The fourth-order valence-corrected chi connectivity index (χ4v) is 2.77. The Balaban J connectivity index is 2.45. The van der Waals surface area contributed by atoms with Gasteiger partial charge in [0.25, 0.3) is 0 Å². The van der Waals surface area contributed by atoms with Crippen LogP contribution < -0.4 is 0 Å². The van der Waals surface area contributed by atoms with E-state index in [4.69, 9.17) is 0 Å². The summed E-state index contributed by atoms with van der Waals surface area (Å²) in [4.78, 5) is 1.05. The van der Waals surface area contributed by atoms with Crippen molar-refractivity contribution in [3.63, 3.8) is 0 Å². The smallest absolute Gasteiger partial charge is 0.123 e. The lowest BCUT2D eigenvalue weighted by molar-refractivity contribution is 0.219. The Morgan fingerprint density at radius 2 is 2.06 bits per heavy atom. The van der Waals surface area contributed by atoms with Gasteiger partial charge in [0.05, 0.1) is 0 Å². The van der Waals surface area contributed by atoms with E-state index in [-0.39, 0.29) is 5.82 Å². The fourth-order valence-electron chi connectivity index (χ4n) is 1.57. The fraction of sp³-hybridized carbons (Fsp3) is 0.167. The molecule has 1 heterocycles. The lowest BCUT2D eigenvalue weighted by Gasteiger charge is -2.12. The number of rotatable bonds is 2. The van der Waals surface area contributed by atoms with Gasteiger partial charge < -0.3 is 5.11 Å². The second kappa shape index (κ2) is 4.65. The summed E-state index contributed by atoms with van der Waals surface area (Å²) in [6.07, 6.45) is -0.781. The van der Waals surface area contributed by atoms with Gasteiger partial charge in [-0.15, -0.1) is 11.3 Å². The largest absolute Gasteiger partial charge is 0.384 e. The first-order chi connectivity index (χ1) is 7.59. The molecule has 0 aliphatic heterocycles. The van der Waals surface area contributed by atoms with E-state index in [0.29, 0.717) is 10.0 Å². The summed E-state index contributed by atoms with van der Waals surface area (Å²) in [5.41, 5.74) is 1.39. The van der Waals surface area contributed by atoms with Crippen molar-refractivity contribution in [2.75, 3.05) is 0 Å². The molecule has 1 nitrogen and oxygen atoms in total. The third-order valence-electron chi connectivity index (χ3n) is 2.45. The highest BCUT2D eigenvalue weighted by molar-refractivity contribution is 9.10. The van der Waals surface area contributed by atoms with Crippen molar-refractivity contribution in [1.82, 2.24) is 0 Å². The second-order valence-electron chi connectivity index (χ2n) is 3.50. The molecule has 0 aliphatic carbocycles. The van der Waals surface area contributed by atoms with Crippen LogP contribution in [0.3, 0.4) is 0 Å². The summed E-state index contributed by atoms with van der Waals surface area (Å²) in [6.45, 7) is 1.94. The predicted octanol–water partition coefficient (Wildman–Crippen LogP) is 4.04. The standard InChI is InChI=1S/C12H10BrFOS/c1-7-9(4-5-16-7)12(15)10-6-8(14)2-3-11(10)13/h2-6,12,15H,1H3. The van der Waals surface area contributed by atoms with Crippen molar-refractivity contribution >= 4 is 27.3 Å². The van der Waals surface area contributed by atoms with E-state index in [1.807, 2.05) is 18.4 Å². The first kappa shape index (κ1) is 11.8. The molecule has 0 saturated carbocycles. The topological polar surface area (TPSA) is 20.2 Å². The number of halogens is 2. The van der Waals surface area contributed by atoms with Crippen LogP contribution in [0, 0.1) is 12.7 Å². The zero-order valence-corrected chi connectivity index (χ0v) is 11.0. The Kier molecular flexibility index (Phi) is 3.42. The Hall–Kier alpha value is -0.710. The van der Waals surface area contributed by atoms with Crippen LogP contribution in [0.2, 0.25) is 0 Å². The molecule has 0 amide bonds. The molecule has 4 heteroatoms. The first-order valence-electron chi connectivity index (χ1n) is 4.76. The van der Waals surface area contributed by atoms with Crippen molar-refractivity contribution in [2.24, 2.45) is 0 Å². The molecular formula is C12H10BrFOS. The zero-order valence-electron chi connectivity index (χ0n) is 8.58. The van der Waals surface area contributed by atoms with Crippen LogP contribution in [-0.2, 0) is 0 Å². The number of thiophene rings is 1. The van der Waals surface area contributed by atoms with Crippen LogP contribution in [0.15, 0.2) is 34.1 Å². The maximum Gasteiger partial charge on any atom is 0.123 e. The Morgan fingerprint density at radius 1 is 1.31 bits per heavy atom. The Bertz CT molecular complexity index is 509. The Labute approximate surface area is 106 Å². The molecule has 2 aromatic rings. The lowest BCUT2D eigenvalue weighted by Crippen LogP contribution is -2.01. The van der Waals surface area contributed by atoms with Crippen LogP contribution in [-0.4, -0.2) is 5.11 Å². The summed E-state index contributed by atoms with van der Waals surface area (Å²) < 4.78 is 13.8. The predicted molar refractivity (Wildman–Crippen MR) is 67.2 cm³/mol. The van der Waals surface area contributed by atoms with Gasteiger partial charge in [-0.25, -0.2) is 4.39 Å². The van der Waals surface area contributed by atoms with Crippen molar-refractivity contribution in [1.29, 1.82) is 0 Å². The number of hydrogen-bond acceptors (Lipinski definition) is 2. The van der Waals surface area contributed by atoms with E-state index in [2.05, 4.69) is 15.9 Å². The average molecular weight is 301 g/mol. The molecule has 1 aromatic heterocycles. The van der Waals surface area contributed by atoms with Gasteiger partial charge in [-0.1, -0.05) is 15.9 Å². The van der Waals surface area contributed by atoms with Crippen LogP contribution in [0.1, 0.15) is 22.1 Å². The molecule has 0 spiro atoms. The van der Waals surface area contributed by atoms with Crippen molar-refractivity contribution in [3.05, 3.63) is 55.9 Å². The van der Waals surface area contributed by atoms with Gasteiger partial charge in [0.1, 0.15) is 11.9 Å². The molecule has 1 N–H and O–H groups in total. The molecule has 84 valence electrons. The molecule has 0 aliphatic rings. The monoisotopic (exact) mass is 300 g/mol. The molecule has 0 radical (unpaired) electrons. The molecule has 1 atom stereocenters. The van der Waals surface area contributed by atoms with E-state index in [0.717, 1.165) is 10.4 Å². The van der Waals surface area contributed by atoms with E-state index in [1.54, 1.807) is 17.4 Å². The van der Waals surface area contributed by atoms with Gasteiger partial charge in [-0.3, -0.25) is 0 Å². The number of aliphatic hydroxyl groups excluding tert-OH is 1. The van der Waals surface area contributed by atoms with Crippen LogP contribution in [0.25, 0.3) is 0 Å². The number of aryl methyl sites for hydroxylation is 1. The molecule has 2 rings (SSSR count). The molecule has 0 saturated heterocycles. The molecule has 1 unspecified atom stereocenters. The highest BCUT2D eigenvalue weighted by Gasteiger charge is 2.16. The van der Waals surface area contributed by atoms with Gasteiger partial charge >= 0.3 is 0 Å². The second-order valence-corrected chi connectivity index (χ2v) is 5.48. The number of hydrogen-bond donors (Lipinski definition) is 1. The first-order valence-corrected chi connectivity index (χ1v) is 6.44. The minimum atomic E-state index is -0.781. The van der Waals surface area contributed by atoms with Crippen molar-refractivity contribution in [2.45, 2.75) is 13.0 Å². The van der Waals surface area contributed by atoms with Gasteiger partial charge in [0, 0.05) is 14.9 Å². The minimum Gasteiger partial charge on any atom is -0.384 e. The summed E-state index contributed by atoms with van der Waals surface area (Å²) in [6, 6.07) is 6.18. The third-order valence-corrected chi connectivity index (χ3v) is 4.03. The molecule has 0 fully saturated rings. The lowest BCUT2D eigenvalue weighted by atomic mass is 10.0. The summed E-state index contributed by atoms with van der Waals surface area (Å²) in [7, 11) is 0. The maximum atomic E-state index is 13.1. The SMILES string of the molecule is Cc1sccc1C(O)c1cc(F)ccc1Br. The van der Waals surface area contributed by atoms with Crippen LogP contribution >= 0.6 is 27.3 Å². The molecule has 0 bridgehead atoms. The maximum absolute atomic E-state index is 13.1. The summed E-state index contributed by atoms with van der Waals surface area (Å²) >= 11 is 4.89. The Morgan fingerprint density at radius 3 is 2.69 bits per heavy atom. The van der Waals surface area contributed by atoms with Gasteiger partial charge in [0.15, 0.2) is 0 Å². The van der Waals surface area contributed by atoms with E-state index >= 15 is 0 Å². The zero-order chi connectivity index (χ0) is 11.7. The van der Waals surface area contributed by atoms with E-state index in [1.165, 1.54) is 12.1 Å². The highest BCUT2D eigenvalue weighted by atomic mass is 79.9. The van der Waals surface area contributed by atoms with E-state index < -0.39 is 6.10 Å². The summed E-state index contributed by atoms with van der Waals surface area (Å²) in [5, 5.41) is 12.1. The normalized spacial score (nSPS) is 12.8. The van der Waals surface area contributed by atoms with Crippen LogP contribution in [0.5, 0.6) is 0 Å². The summed E-state index contributed by atoms with van der Waals surface area (Å²) in [5.74, 6) is -0.342. The van der Waals surface area contributed by atoms with Gasteiger partial charge in [-0.2, -0.15) is 0 Å². The van der Waals surface area contributed by atoms with Gasteiger partial charge in [-0.05, 0) is 42.1 Å². The van der Waals surface area contributed by atoms with E-state index in [9.17, 15) is 9.50 Å². The third kappa shape index (κ3) is 2.19. The van der Waals surface area contributed by atoms with Crippen LogP contribution in [0.4, 0.5) is 4.39 Å². The molecule has 1 aromatic carbocycles. The van der Waals surface area contributed by atoms with Gasteiger partial charge in [0.2, 0.25) is 0 Å². The highest BCUT2D eigenvalue weighted by Crippen LogP contribution is 2.32. The van der Waals surface area contributed by atoms with Crippen molar-refractivity contribution in [3.8, 4) is 0 Å². The molecular weight excluding hydrogens is 291 g/mol. The number of benzene rings is 1. The van der Waals surface area contributed by atoms with Crippen molar-refractivity contribution < 1.29 is 9.50 Å². The minimum absolute atomic E-state index is 0.342. The number of aliphatic hydroxyl groups is 1. The average Bonchev–Trinajstić information content (AvgIpc) is 2.67.